The van der Waals surface area contributed by atoms with Crippen molar-refractivity contribution in [2.75, 3.05) is 12.9 Å². The number of amides is 1. The summed E-state index contributed by atoms with van der Waals surface area (Å²) in [6.07, 6.45) is 1.56. The largest absolute Gasteiger partial charge is 0.496 e. The third kappa shape index (κ3) is 5.12. The summed E-state index contributed by atoms with van der Waals surface area (Å²) in [4.78, 5) is 17.1. The number of benzene rings is 3. The molecule has 0 aliphatic heterocycles. The second kappa shape index (κ2) is 10.3. The van der Waals surface area contributed by atoms with Crippen molar-refractivity contribution in [3.05, 3.63) is 88.9 Å². The minimum Gasteiger partial charge on any atom is -0.496 e. The van der Waals surface area contributed by atoms with Gasteiger partial charge in [0.15, 0.2) is 5.16 Å². The Morgan fingerprint density at radius 1 is 1.12 bits per heavy atom. The molecule has 8 heteroatoms. The summed E-state index contributed by atoms with van der Waals surface area (Å²) in [5.74, 6) is 0.639. The van der Waals surface area contributed by atoms with Gasteiger partial charge < -0.3 is 9.30 Å². The average molecular weight is 465 g/mol. The van der Waals surface area contributed by atoms with Crippen molar-refractivity contribution in [1.82, 2.24) is 15.0 Å². The van der Waals surface area contributed by atoms with Crippen LogP contribution in [0.3, 0.4) is 0 Å². The number of fused-ring (bicyclic) bond motifs is 1. The van der Waals surface area contributed by atoms with Gasteiger partial charge in [-0.05, 0) is 35.9 Å². The van der Waals surface area contributed by atoms with Crippen molar-refractivity contribution in [3.63, 3.8) is 0 Å². The predicted molar refractivity (Wildman–Crippen MR) is 130 cm³/mol. The lowest BCUT2D eigenvalue weighted by atomic mass is 10.2. The quantitative estimate of drug-likeness (QED) is 0.226. The van der Waals surface area contributed by atoms with Crippen LogP contribution in [0.5, 0.6) is 5.75 Å². The molecule has 6 nitrogen and oxygen atoms in total. The Balaban J connectivity index is 1.46. The molecule has 0 aliphatic carbocycles. The number of rotatable bonds is 8. The number of aromatic nitrogens is 2. The van der Waals surface area contributed by atoms with Gasteiger partial charge in [-0.1, -0.05) is 65.8 Å². The van der Waals surface area contributed by atoms with E-state index in [2.05, 4.69) is 15.1 Å². The van der Waals surface area contributed by atoms with Crippen LogP contribution in [0.2, 0.25) is 5.02 Å². The van der Waals surface area contributed by atoms with E-state index in [1.165, 1.54) is 11.8 Å². The fourth-order valence-electron chi connectivity index (χ4n) is 3.22. The van der Waals surface area contributed by atoms with Gasteiger partial charge in [0.1, 0.15) is 5.75 Å². The van der Waals surface area contributed by atoms with Gasteiger partial charge in [-0.3, -0.25) is 4.79 Å². The maximum Gasteiger partial charge on any atom is 0.250 e. The number of carbonyl (C=O) groups is 1. The zero-order valence-electron chi connectivity index (χ0n) is 17.4. The van der Waals surface area contributed by atoms with Gasteiger partial charge >= 0.3 is 0 Å². The van der Waals surface area contributed by atoms with Crippen molar-refractivity contribution in [1.29, 1.82) is 0 Å². The molecule has 0 spiro atoms. The molecule has 0 atom stereocenters. The second-order valence-corrected chi connectivity index (χ2v) is 8.23. The highest BCUT2D eigenvalue weighted by atomic mass is 35.5. The van der Waals surface area contributed by atoms with Gasteiger partial charge in [-0.15, -0.1) is 0 Å². The first kappa shape index (κ1) is 21.9. The Kier molecular flexibility index (Phi) is 7.09. The number of methoxy groups -OCH3 is 1. The van der Waals surface area contributed by atoms with E-state index >= 15 is 0 Å². The fraction of sp³-hybridized carbons (Fsp3) is 0.125. The van der Waals surface area contributed by atoms with E-state index in [1.807, 2.05) is 72.8 Å². The van der Waals surface area contributed by atoms with E-state index in [0.717, 1.165) is 27.3 Å². The van der Waals surface area contributed by atoms with Crippen molar-refractivity contribution in [2.45, 2.75) is 11.7 Å². The number of halogens is 1. The van der Waals surface area contributed by atoms with E-state index in [9.17, 15) is 4.79 Å². The van der Waals surface area contributed by atoms with Crippen LogP contribution in [0, 0.1) is 0 Å². The summed E-state index contributed by atoms with van der Waals surface area (Å²) in [7, 11) is 1.59. The lowest BCUT2D eigenvalue weighted by molar-refractivity contribution is -0.118. The third-order valence-electron chi connectivity index (χ3n) is 4.77. The Morgan fingerprint density at radius 2 is 1.88 bits per heavy atom. The monoisotopic (exact) mass is 464 g/mol. The highest BCUT2D eigenvalue weighted by Gasteiger charge is 2.14. The molecule has 1 aromatic heterocycles. The van der Waals surface area contributed by atoms with E-state index in [0.29, 0.717) is 17.3 Å². The van der Waals surface area contributed by atoms with Crippen molar-refractivity contribution >= 4 is 46.5 Å². The third-order valence-corrected chi connectivity index (χ3v) is 6.12. The zero-order valence-corrected chi connectivity index (χ0v) is 18.9. The molecular weight excluding hydrogens is 444 g/mol. The smallest absolute Gasteiger partial charge is 0.250 e. The molecule has 1 heterocycles. The molecule has 0 saturated heterocycles. The molecule has 32 heavy (non-hydrogen) atoms. The van der Waals surface area contributed by atoms with Gasteiger partial charge in [0.2, 0.25) is 0 Å². The van der Waals surface area contributed by atoms with Crippen LogP contribution < -0.4 is 10.2 Å². The maximum atomic E-state index is 12.4. The molecule has 1 N–H and O–H groups in total. The van der Waals surface area contributed by atoms with Gasteiger partial charge in [0.05, 0.1) is 36.7 Å². The Morgan fingerprint density at radius 3 is 2.72 bits per heavy atom. The first-order chi connectivity index (χ1) is 15.7. The molecule has 4 rings (SSSR count). The number of nitrogens with zero attached hydrogens (tertiary/aromatic N) is 3. The number of thioether (sulfide) groups is 1. The summed E-state index contributed by atoms with van der Waals surface area (Å²) < 4.78 is 7.35. The molecule has 3 aromatic carbocycles. The van der Waals surface area contributed by atoms with E-state index < -0.39 is 0 Å². The molecule has 0 radical (unpaired) electrons. The number of ether oxygens (including phenoxy) is 1. The van der Waals surface area contributed by atoms with Crippen molar-refractivity contribution in [3.8, 4) is 5.75 Å². The van der Waals surface area contributed by atoms with E-state index in [-0.39, 0.29) is 11.7 Å². The van der Waals surface area contributed by atoms with Gasteiger partial charge in [-0.25, -0.2) is 10.4 Å². The lowest BCUT2D eigenvalue weighted by Crippen LogP contribution is -2.20. The number of hydrazone groups is 1. The lowest BCUT2D eigenvalue weighted by Gasteiger charge is -2.10. The minimum absolute atomic E-state index is 0.176. The first-order valence-electron chi connectivity index (χ1n) is 9.92. The Bertz CT molecular complexity index is 1270. The first-order valence-corrected chi connectivity index (χ1v) is 11.3. The predicted octanol–water partition coefficient (Wildman–Crippen LogP) is 4.99. The highest BCUT2D eigenvalue weighted by Crippen LogP contribution is 2.27. The van der Waals surface area contributed by atoms with Gasteiger partial charge in [-0.2, -0.15) is 5.10 Å². The van der Waals surface area contributed by atoms with Crippen LogP contribution in [0.25, 0.3) is 11.0 Å². The van der Waals surface area contributed by atoms with E-state index in [4.69, 9.17) is 21.3 Å². The van der Waals surface area contributed by atoms with Crippen LogP contribution in [0.4, 0.5) is 0 Å². The molecule has 0 bridgehead atoms. The zero-order chi connectivity index (χ0) is 22.3. The molecule has 4 aromatic rings. The van der Waals surface area contributed by atoms with E-state index in [1.54, 1.807) is 13.3 Å². The summed E-state index contributed by atoms with van der Waals surface area (Å²) in [6, 6.07) is 23.1. The normalized spacial score (nSPS) is 11.2. The van der Waals surface area contributed by atoms with Crippen LogP contribution >= 0.6 is 23.4 Å². The molecular formula is C24H21ClN4O2S. The number of nitrogens with one attached hydrogen (secondary N) is 1. The molecule has 162 valence electrons. The summed E-state index contributed by atoms with van der Waals surface area (Å²) in [6.45, 7) is 0.566. The molecule has 1 amide bonds. The highest BCUT2D eigenvalue weighted by molar-refractivity contribution is 7.99. The Labute approximate surface area is 195 Å². The van der Waals surface area contributed by atoms with Crippen LogP contribution in [-0.4, -0.2) is 34.5 Å². The molecule has 0 unspecified atom stereocenters. The number of carbonyl (C=O) groups excluding carboxylic acids is 1. The van der Waals surface area contributed by atoms with Crippen LogP contribution in [-0.2, 0) is 11.3 Å². The van der Waals surface area contributed by atoms with Gasteiger partial charge in [0.25, 0.3) is 5.91 Å². The fourth-order valence-corrected chi connectivity index (χ4v) is 4.22. The molecule has 0 saturated carbocycles. The Hall–Kier alpha value is -3.29. The number of hydrogen-bond acceptors (Lipinski definition) is 5. The minimum atomic E-state index is -0.225. The molecule has 0 fully saturated rings. The van der Waals surface area contributed by atoms with Crippen molar-refractivity contribution in [2.24, 2.45) is 5.10 Å². The summed E-state index contributed by atoms with van der Waals surface area (Å²) >= 11 is 7.73. The second-order valence-electron chi connectivity index (χ2n) is 6.88. The number of para-hydroxylation sites is 3. The number of hydrogen-bond donors (Lipinski definition) is 1. The SMILES string of the molecule is COc1ccccc1/C=N/NC(=O)CSc1nc2ccccc2n1Cc1ccccc1Cl. The summed E-state index contributed by atoms with van der Waals surface area (Å²) in [5.41, 5.74) is 6.20. The van der Waals surface area contributed by atoms with Gasteiger partial charge in [0, 0.05) is 10.6 Å². The average Bonchev–Trinajstić information content (AvgIpc) is 3.17. The standard InChI is InChI=1S/C24H21ClN4O2S/c1-31-22-13-7-3-8-17(22)14-26-28-23(30)16-32-24-27-20-11-5-6-12-21(20)29(24)15-18-9-2-4-10-19(18)25/h2-14H,15-16H2,1H3,(H,28,30)/b26-14+. The van der Waals surface area contributed by atoms with Crippen LogP contribution in [0.1, 0.15) is 11.1 Å². The number of imidazole rings is 1. The van der Waals surface area contributed by atoms with Crippen molar-refractivity contribution < 1.29 is 9.53 Å². The topological polar surface area (TPSA) is 68.5 Å². The van der Waals surface area contributed by atoms with Crippen LogP contribution in [0.15, 0.2) is 83.1 Å². The maximum absolute atomic E-state index is 12.4. The summed E-state index contributed by atoms with van der Waals surface area (Å²) in [5, 5.41) is 5.49. The molecule has 0 aliphatic rings.